The van der Waals surface area contributed by atoms with E-state index < -0.39 is 6.17 Å². The van der Waals surface area contributed by atoms with Crippen molar-refractivity contribution in [3.05, 3.63) is 68.6 Å². The number of nitrogens with one attached hydrogen (secondary N) is 1. The fourth-order valence-corrected chi connectivity index (χ4v) is 4.73. The highest BCUT2D eigenvalue weighted by molar-refractivity contribution is 5.70. The van der Waals surface area contributed by atoms with Crippen LogP contribution in [0, 0.1) is 20.8 Å². The number of nitrogens with two attached hydrogens (primary N) is 1. The molecule has 0 spiro atoms. The van der Waals surface area contributed by atoms with E-state index in [0.717, 1.165) is 39.2 Å². The van der Waals surface area contributed by atoms with Gasteiger partial charge >= 0.3 is 5.69 Å². The van der Waals surface area contributed by atoms with Crippen molar-refractivity contribution >= 4 is 12.1 Å². The number of fused-ring (bicyclic) bond motifs is 3. The van der Waals surface area contributed by atoms with E-state index in [0.29, 0.717) is 36.4 Å². The molecule has 1 aliphatic rings. The second-order valence-electron chi connectivity index (χ2n) is 8.80. The van der Waals surface area contributed by atoms with Crippen LogP contribution in [-0.4, -0.2) is 35.9 Å². The number of methoxy groups -OCH3 is 2. The van der Waals surface area contributed by atoms with E-state index >= 15 is 0 Å². The summed E-state index contributed by atoms with van der Waals surface area (Å²) >= 11 is 0. The number of aromatic nitrogens is 2. The standard InChI is InChI=1S/C26H31N5O4/c1-15-8-16(2)25(17(3)9-15)29-24-12-20-19-11-22(35-5)21(34-4)10-18(19)6-7-30(20)26(33)31(24)13-23(27)28-14-32/h8-12,14,23H,6-7,13,27H2,1-5H3,(H,28,32). The van der Waals surface area contributed by atoms with Crippen LogP contribution in [0.15, 0.2) is 40.1 Å². The topological polar surface area (TPSA) is 113 Å². The van der Waals surface area contributed by atoms with Gasteiger partial charge in [0.15, 0.2) is 11.5 Å². The Bertz CT molecular complexity index is 1400. The normalized spacial score (nSPS) is 13.6. The molecule has 0 saturated carbocycles. The molecule has 1 unspecified atom stereocenters. The molecule has 0 saturated heterocycles. The van der Waals surface area contributed by atoms with Crippen molar-refractivity contribution < 1.29 is 14.3 Å². The molecule has 0 fully saturated rings. The van der Waals surface area contributed by atoms with Crippen LogP contribution in [0.25, 0.3) is 11.3 Å². The second kappa shape index (κ2) is 9.79. The number of hydrogen-bond donors (Lipinski definition) is 2. The van der Waals surface area contributed by atoms with Crippen LogP contribution in [-0.2, 0) is 24.3 Å². The molecule has 3 N–H and O–H groups in total. The lowest BCUT2D eigenvalue weighted by atomic mass is 9.97. The number of carbonyl (C=O) groups is 1. The summed E-state index contributed by atoms with van der Waals surface area (Å²) in [4.78, 5) is 29.6. The van der Waals surface area contributed by atoms with Crippen LogP contribution in [0.3, 0.4) is 0 Å². The highest BCUT2D eigenvalue weighted by atomic mass is 16.5. The van der Waals surface area contributed by atoms with Gasteiger partial charge in [0, 0.05) is 18.2 Å². The maximum atomic E-state index is 13.7. The number of aryl methyl sites for hydroxylation is 4. The Morgan fingerprint density at radius 2 is 1.74 bits per heavy atom. The molecule has 3 aromatic rings. The Kier molecular flexibility index (Phi) is 6.79. The molecule has 9 nitrogen and oxygen atoms in total. The lowest BCUT2D eigenvalue weighted by Gasteiger charge is -2.25. The summed E-state index contributed by atoms with van der Waals surface area (Å²) in [5, 5.41) is 2.52. The first-order chi connectivity index (χ1) is 16.8. The fourth-order valence-electron chi connectivity index (χ4n) is 4.73. The van der Waals surface area contributed by atoms with Crippen LogP contribution in [0.4, 0.5) is 5.69 Å². The molecule has 2 aromatic carbocycles. The first-order valence-corrected chi connectivity index (χ1v) is 11.4. The Morgan fingerprint density at radius 3 is 2.37 bits per heavy atom. The van der Waals surface area contributed by atoms with E-state index in [-0.39, 0.29) is 12.2 Å². The van der Waals surface area contributed by atoms with Gasteiger partial charge in [-0.25, -0.2) is 9.79 Å². The number of hydrogen-bond acceptors (Lipinski definition) is 6. The van der Waals surface area contributed by atoms with Crippen LogP contribution >= 0.6 is 0 Å². The van der Waals surface area contributed by atoms with Gasteiger partial charge in [0.25, 0.3) is 0 Å². The minimum atomic E-state index is -0.738. The molecule has 1 amide bonds. The molecule has 1 aliphatic heterocycles. The molecular formula is C26H31N5O4. The fraction of sp³-hybridized carbons (Fsp3) is 0.346. The third-order valence-corrected chi connectivity index (χ3v) is 6.31. The van der Waals surface area contributed by atoms with Crippen molar-refractivity contribution in [2.24, 2.45) is 10.7 Å². The smallest absolute Gasteiger partial charge is 0.330 e. The minimum absolute atomic E-state index is 0.0828. The number of carbonyl (C=O) groups excluding carboxylic acids is 1. The summed E-state index contributed by atoms with van der Waals surface area (Å²) < 4.78 is 14.2. The summed E-state index contributed by atoms with van der Waals surface area (Å²) in [7, 11) is 3.19. The van der Waals surface area contributed by atoms with Gasteiger partial charge in [-0.3, -0.25) is 13.9 Å². The van der Waals surface area contributed by atoms with Crippen molar-refractivity contribution in [1.82, 2.24) is 14.5 Å². The van der Waals surface area contributed by atoms with Gasteiger partial charge in [-0.05, 0) is 56.0 Å². The highest BCUT2D eigenvalue weighted by Gasteiger charge is 2.23. The van der Waals surface area contributed by atoms with Gasteiger partial charge in [-0.15, -0.1) is 0 Å². The third kappa shape index (κ3) is 4.59. The zero-order valence-electron chi connectivity index (χ0n) is 20.7. The molecule has 35 heavy (non-hydrogen) atoms. The lowest BCUT2D eigenvalue weighted by molar-refractivity contribution is -0.110. The SMILES string of the molecule is COc1cc2c(cc1OC)-c1cc(=Nc3c(C)cc(C)cc3C)n(CC(N)NC=O)c(=O)n1CC2. The molecule has 2 heterocycles. The average molecular weight is 478 g/mol. The molecule has 0 radical (unpaired) electrons. The molecule has 1 aromatic heterocycles. The van der Waals surface area contributed by atoms with Crippen molar-refractivity contribution in [3.63, 3.8) is 0 Å². The van der Waals surface area contributed by atoms with Crippen molar-refractivity contribution in [1.29, 1.82) is 0 Å². The average Bonchev–Trinajstić information content (AvgIpc) is 2.82. The van der Waals surface area contributed by atoms with E-state index in [4.69, 9.17) is 20.2 Å². The van der Waals surface area contributed by atoms with E-state index in [1.54, 1.807) is 18.8 Å². The first-order valence-electron chi connectivity index (χ1n) is 11.4. The number of amides is 1. The Balaban J connectivity index is 2.02. The van der Waals surface area contributed by atoms with Gasteiger partial charge in [-0.1, -0.05) is 17.7 Å². The zero-order valence-corrected chi connectivity index (χ0v) is 20.7. The second-order valence-corrected chi connectivity index (χ2v) is 8.80. The molecule has 184 valence electrons. The predicted molar refractivity (Wildman–Crippen MR) is 134 cm³/mol. The van der Waals surface area contributed by atoms with E-state index in [9.17, 15) is 9.59 Å². The van der Waals surface area contributed by atoms with Crippen LogP contribution in [0.1, 0.15) is 22.3 Å². The Hall–Kier alpha value is -3.85. The zero-order chi connectivity index (χ0) is 25.3. The van der Waals surface area contributed by atoms with Gasteiger partial charge < -0.3 is 20.5 Å². The summed E-state index contributed by atoms with van der Waals surface area (Å²) in [6.45, 7) is 6.62. The Morgan fingerprint density at radius 1 is 1.09 bits per heavy atom. The van der Waals surface area contributed by atoms with Crippen molar-refractivity contribution in [2.45, 2.75) is 46.4 Å². The summed E-state index contributed by atoms with van der Waals surface area (Å²) in [6, 6.07) is 9.88. The summed E-state index contributed by atoms with van der Waals surface area (Å²) in [5.74, 6) is 1.24. The van der Waals surface area contributed by atoms with E-state index in [1.165, 1.54) is 4.57 Å². The molecule has 0 aliphatic carbocycles. The largest absolute Gasteiger partial charge is 0.493 e. The van der Waals surface area contributed by atoms with E-state index in [2.05, 4.69) is 17.4 Å². The molecule has 4 rings (SSSR count). The summed E-state index contributed by atoms with van der Waals surface area (Å²) in [6.07, 6.45) is 0.453. The molecular weight excluding hydrogens is 446 g/mol. The molecule has 9 heteroatoms. The van der Waals surface area contributed by atoms with Crippen molar-refractivity contribution in [3.8, 4) is 22.8 Å². The van der Waals surface area contributed by atoms with Crippen LogP contribution in [0.5, 0.6) is 11.5 Å². The summed E-state index contributed by atoms with van der Waals surface area (Å²) in [5.41, 5.74) is 12.9. The van der Waals surface area contributed by atoms with Gasteiger partial charge in [0.1, 0.15) is 5.49 Å². The third-order valence-electron chi connectivity index (χ3n) is 6.31. The Labute approximate surface area is 203 Å². The molecule has 0 bridgehead atoms. The monoisotopic (exact) mass is 477 g/mol. The number of nitrogens with zero attached hydrogens (tertiary/aromatic N) is 3. The predicted octanol–water partition coefficient (Wildman–Crippen LogP) is 2.08. The maximum Gasteiger partial charge on any atom is 0.330 e. The minimum Gasteiger partial charge on any atom is -0.493 e. The van der Waals surface area contributed by atoms with Gasteiger partial charge in [-0.2, -0.15) is 0 Å². The quantitative estimate of drug-likeness (QED) is 0.400. The van der Waals surface area contributed by atoms with Gasteiger partial charge in [0.2, 0.25) is 6.41 Å². The highest BCUT2D eigenvalue weighted by Crippen LogP contribution is 2.37. The maximum absolute atomic E-state index is 13.7. The van der Waals surface area contributed by atoms with E-state index in [1.807, 2.05) is 39.0 Å². The first kappa shape index (κ1) is 24.3. The number of rotatable bonds is 7. The van der Waals surface area contributed by atoms with Crippen molar-refractivity contribution in [2.75, 3.05) is 14.2 Å². The lowest BCUT2D eigenvalue weighted by Crippen LogP contribution is -2.49. The van der Waals surface area contributed by atoms with Crippen LogP contribution in [0.2, 0.25) is 0 Å². The van der Waals surface area contributed by atoms with Crippen LogP contribution < -0.4 is 31.7 Å². The van der Waals surface area contributed by atoms with Gasteiger partial charge in [0.05, 0.1) is 38.3 Å². The number of benzene rings is 2. The number of ether oxygens (including phenoxy) is 2. The molecule has 1 atom stereocenters.